The van der Waals surface area contributed by atoms with Crippen molar-refractivity contribution in [1.82, 2.24) is 30.1 Å². The summed E-state index contributed by atoms with van der Waals surface area (Å²) in [6.07, 6.45) is 3.39. The Labute approximate surface area is 184 Å². The summed E-state index contributed by atoms with van der Waals surface area (Å²) in [6, 6.07) is 3.75. The van der Waals surface area contributed by atoms with Crippen LogP contribution < -0.4 is 15.4 Å². The van der Waals surface area contributed by atoms with Crippen molar-refractivity contribution >= 4 is 39.6 Å². The number of aromatic amines is 1. The van der Waals surface area contributed by atoms with Gasteiger partial charge in [0.05, 0.1) is 35.2 Å². The van der Waals surface area contributed by atoms with Crippen LogP contribution in [-0.2, 0) is 0 Å². The van der Waals surface area contributed by atoms with Crippen molar-refractivity contribution in [2.24, 2.45) is 5.73 Å². The zero-order chi connectivity index (χ0) is 21.8. The molecule has 3 aromatic heterocycles. The third-order valence-electron chi connectivity index (χ3n) is 5.85. The largest absolute Gasteiger partial charge is 0.480 e. The predicted octanol–water partition coefficient (Wildman–Crippen LogP) is 3.25. The number of aromatic nitrogens is 6. The molecule has 0 saturated carbocycles. The number of hydrogen-bond donors (Lipinski definition) is 2. The van der Waals surface area contributed by atoms with Gasteiger partial charge in [-0.15, -0.1) is 0 Å². The van der Waals surface area contributed by atoms with Gasteiger partial charge in [0.1, 0.15) is 11.0 Å². The van der Waals surface area contributed by atoms with E-state index >= 15 is 0 Å². The summed E-state index contributed by atoms with van der Waals surface area (Å²) in [4.78, 5) is 20.7. The van der Waals surface area contributed by atoms with Crippen molar-refractivity contribution in [2.45, 2.75) is 32.2 Å². The SMILES string of the molecule is COc1cnc2ccc(-c3[nH]nc4nc(N5CCC(C)(N)CC5)c(C)nc34)c(Cl)c2n1. The fourth-order valence-electron chi connectivity index (χ4n) is 3.95. The van der Waals surface area contributed by atoms with Crippen molar-refractivity contribution in [2.75, 3.05) is 25.1 Å². The van der Waals surface area contributed by atoms with E-state index in [0.717, 1.165) is 43.0 Å². The van der Waals surface area contributed by atoms with Gasteiger partial charge in [-0.3, -0.25) is 5.10 Å². The van der Waals surface area contributed by atoms with Gasteiger partial charge in [0.2, 0.25) is 11.5 Å². The first-order chi connectivity index (χ1) is 14.9. The van der Waals surface area contributed by atoms with Crippen LogP contribution in [0.4, 0.5) is 5.82 Å². The number of piperidine rings is 1. The standard InChI is InChI=1S/C21H23ClN8O/c1-11-20(30-8-6-21(2,23)7-9-30)27-19-18(25-11)16(28-29-19)12-4-5-13-17(15(12)22)26-14(31-3)10-24-13/h4-5,10H,6-9,23H2,1-3H3,(H,27,28,29). The van der Waals surface area contributed by atoms with Crippen LogP contribution in [0.1, 0.15) is 25.5 Å². The number of methoxy groups -OCH3 is 1. The third kappa shape index (κ3) is 3.43. The molecule has 4 heterocycles. The summed E-state index contributed by atoms with van der Waals surface area (Å²) in [5.41, 5.74) is 10.9. The molecule has 3 N–H and O–H groups in total. The summed E-state index contributed by atoms with van der Waals surface area (Å²) in [5, 5.41) is 7.92. The molecular weight excluding hydrogens is 416 g/mol. The summed E-state index contributed by atoms with van der Waals surface area (Å²) >= 11 is 6.71. The van der Waals surface area contributed by atoms with Gasteiger partial charge in [-0.1, -0.05) is 11.6 Å². The van der Waals surface area contributed by atoms with Crippen LogP contribution in [0.5, 0.6) is 5.88 Å². The number of H-pyrrole nitrogens is 1. The second-order valence-corrected chi connectivity index (χ2v) is 8.63. The van der Waals surface area contributed by atoms with E-state index in [4.69, 9.17) is 32.0 Å². The maximum absolute atomic E-state index is 6.71. The number of anilines is 1. The second-order valence-electron chi connectivity index (χ2n) is 8.25. The molecule has 160 valence electrons. The van der Waals surface area contributed by atoms with Gasteiger partial charge in [0.25, 0.3) is 0 Å². The van der Waals surface area contributed by atoms with E-state index in [0.29, 0.717) is 38.8 Å². The lowest BCUT2D eigenvalue weighted by molar-refractivity contribution is 0.363. The number of fused-ring (bicyclic) bond motifs is 2. The monoisotopic (exact) mass is 438 g/mol. The second kappa shape index (κ2) is 7.28. The Bertz CT molecular complexity index is 1290. The van der Waals surface area contributed by atoms with Gasteiger partial charge in [-0.2, -0.15) is 5.10 Å². The topological polar surface area (TPSA) is 119 Å². The lowest BCUT2D eigenvalue weighted by Crippen LogP contribution is -2.48. The fourth-order valence-corrected chi connectivity index (χ4v) is 4.24. The lowest BCUT2D eigenvalue weighted by atomic mass is 9.91. The number of halogens is 1. The minimum atomic E-state index is -0.125. The molecule has 0 unspecified atom stereocenters. The molecule has 0 bridgehead atoms. The van der Waals surface area contributed by atoms with Gasteiger partial charge in [-0.25, -0.2) is 19.9 Å². The maximum Gasteiger partial charge on any atom is 0.232 e. The number of benzene rings is 1. The van der Waals surface area contributed by atoms with Crippen LogP contribution in [0.25, 0.3) is 33.5 Å². The Hall–Kier alpha value is -3.04. The van der Waals surface area contributed by atoms with Crippen LogP contribution >= 0.6 is 11.6 Å². The molecule has 1 aliphatic rings. The predicted molar refractivity (Wildman–Crippen MR) is 121 cm³/mol. The van der Waals surface area contributed by atoms with Crippen molar-refractivity contribution < 1.29 is 4.74 Å². The quantitative estimate of drug-likeness (QED) is 0.500. The zero-order valence-electron chi connectivity index (χ0n) is 17.6. The third-order valence-corrected chi connectivity index (χ3v) is 6.23. The smallest absolute Gasteiger partial charge is 0.232 e. The van der Waals surface area contributed by atoms with E-state index < -0.39 is 0 Å². The first-order valence-corrected chi connectivity index (χ1v) is 10.5. The van der Waals surface area contributed by atoms with Gasteiger partial charge in [0.15, 0.2) is 5.82 Å². The van der Waals surface area contributed by atoms with E-state index in [9.17, 15) is 0 Å². The Balaban J connectivity index is 1.58. The molecule has 0 amide bonds. The molecule has 9 nitrogen and oxygen atoms in total. The molecule has 31 heavy (non-hydrogen) atoms. The maximum atomic E-state index is 6.71. The van der Waals surface area contributed by atoms with Crippen molar-refractivity contribution in [3.05, 3.63) is 29.0 Å². The minimum Gasteiger partial charge on any atom is -0.480 e. The molecule has 1 aliphatic heterocycles. The van der Waals surface area contributed by atoms with Crippen LogP contribution in [0.3, 0.4) is 0 Å². The average Bonchev–Trinajstić information content (AvgIpc) is 3.16. The highest BCUT2D eigenvalue weighted by Gasteiger charge is 2.28. The van der Waals surface area contributed by atoms with Crippen LogP contribution in [0, 0.1) is 6.92 Å². The molecule has 5 rings (SSSR count). The van der Waals surface area contributed by atoms with Crippen LogP contribution in [0.2, 0.25) is 5.02 Å². The van der Waals surface area contributed by atoms with Gasteiger partial charge in [0, 0.05) is 24.2 Å². The Morgan fingerprint density at radius 2 is 1.94 bits per heavy atom. The number of nitrogens with two attached hydrogens (primary N) is 1. The molecule has 4 aromatic rings. The molecule has 0 atom stereocenters. The van der Waals surface area contributed by atoms with Crippen LogP contribution in [0.15, 0.2) is 18.3 Å². The number of ether oxygens (including phenoxy) is 1. The molecular formula is C21H23ClN8O. The Morgan fingerprint density at radius 1 is 1.16 bits per heavy atom. The molecule has 0 radical (unpaired) electrons. The van der Waals surface area contributed by atoms with Crippen LogP contribution in [-0.4, -0.2) is 55.9 Å². The summed E-state index contributed by atoms with van der Waals surface area (Å²) in [6.45, 7) is 5.76. The molecule has 10 heteroatoms. The number of hydrogen-bond acceptors (Lipinski definition) is 8. The van der Waals surface area contributed by atoms with E-state index in [1.54, 1.807) is 13.3 Å². The molecule has 1 saturated heterocycles. The normalized spacial score (nSPS) is 16.2. The van der Waals surface area contributed by atoms with E-state index in [-0.39, 0.29) is 5.54 Å². The first kappa shape index (κ1) is 19.9. The number of rotatable bonds is 3. The molecule has 1 aromatic carbocycles. The molecule has 1 fully saturated rings. The number of nitrogens with one attached hydrogen (secondary N) is 1. The van der Waals surface area contributed by atoms with Crippen molar-refractivity contribution in [1.29, 1.82) is 0 Å². The average molecular weight is 439 g/mol. The van der Waals surface area contributed by atoms with Crippen molar-refractivity contribution in [3.63, 3.8) is 0 Å². The summed E-state index contributed by atoms with van der Waals surface area (Å²) in [5.74, 6) is 1.25. The highest BCUT2D eigenvalue weighted by Crippen LogP contribution is 2.36. The molecule has 0 spiro atoms. The highest BCUT2D eigenvalue weighted by molar-refractivity contribution is 6.38. The fraction of sp³-hybridized carbons (Fsp3) is 0.381. The van der Waals surface area contributed by atoms with Gasteiger partial charge >= 0.3 is 0 Å². The number of aryl methyl sites for hydroxylation is 1. The summed E-state index contributed by atoms with van der Waals surface area (Å²) < 4.78 is 5.19. The Morgan fingerprint density at radius 3 is 2.68 bits per heavy atom. The highest BCUT2D eigenvalue weighted by atomic mass is 35.5. The van der Waals surface area contributed by atoms with Gasteiger partial charge < -0.3 is 15.4 Å². The first-order valence-electron chi connectivity index (χ1n) is 10.1. The van der Waals surface area contributed by atoms with E-state index in [1.165, 1.54) is 0 Å². The lowest BCUT2D eigenvalue weighted by Gasteiger charge is -2.37. The minimum absolute atomic E-state index is 0.125. The van der Waals surface area contributed by atoms with Crippen molar-refractivity contribution in [3.8, 4) is 17.1 Å². The zero-order valence-corrected chi connectivity index (χ0v) is 18.4. The van der Waals surface area contributed by atoms with E-state index in [1.807, 2.05) is 19.1 Å². The molecule has 0 aliphatic carbocycles. The van der Waals surface area contributed by atoms with Gasteiger partial charge in [-0.05, 0) is 38.8 Å². The summed E-state index contributed by atoms with van der Waals surface area (Å²) in [7, 11) is 1.54. The Kier molecular flexibility index (Phi) is 4.67. The van der Waals surface area contributed by atoms with E-state index in [2.05, 4.69) is 32.0 Å². The number of nitrogens with zero attached hydrogens (tertiary/aromatic N) is 6.